The highest BCUT2D eigenvalue weighted by atomic mass is 127. The van der Waals surface area contributed by atoms with E-state index in [1.807, 2.05) is 6.92 Å². The lowest BCUT2D eigenvalue weighted by Crippen LogP contribution is -2.31. The minimum absolute atomic E-state index is 0.229. The van der Waals surface area contributed by atoms with Gasteiger partial charge in [-0.1, -0.05) is 13.3 Å². The summed E-state index contributed by atoms with van der Waals surface area (Å²) in [6.07, 6.45) is 1.55. The van der Waals surface area contributed by atoms with Gasteiger partial charge in [0.1, 0.15) is 0 Å². The summed E-state index contributed by atoms with van der Waals surface area (Å²) in [4.78, 5) is 12.5. The third kappa shape index (κ3) is 2.07. The van der Waals surface area contributed by atoms with E-state index in [1.165, 1.54) is 11.3 Å². The van der Waals surface area contributed by atoms with E-state index < -0.39 is 10.0 Å². The molecule has 9 heteroatoms. The summed E-state index contributed by atoms with van der Waals surface area (Å²) in [5, 5.41) is 0.826. The number of sulfonamides is 1. The van der Waals surface area contributed by atoms with Gasteiger partial charge in [0.2, 0.25) is 0 Å². The second-order valence-corrected chi connectivity index (χ2v) is 12.1. The molecule has 0 N–H and O–H groups in total. The van der Waals surface area contributed by atoms with E-state index in [2.05, 4.69) is 45.2 Å². The largest absolute Gasteiger partial charge is 0.277 e. The highest BCUT2D eigenvalue weighted by Crippen LogP contribution is 2.48. The molecule has 0 spiro atoms. The van der Waals surface area contributed by atoms with Gasteiger partial charge >= 0.3 is 0 Å². The fraction of sp³-hybridized carbons (Fsp3) is 0.364. The Labute approximate surface area is 151 Å². The van der Waals surface area contributed by atoms with Gasteiger partial charge in [-0.15, -0.1) is 22.7 Å². The van der Waals surface area contributed by atoms with Gasteiger partial charge in [-0.2, -0.15) is 0 Å². The van der Waals surface area contributed by atoms with Crippen molar-refractivity contribution in [1.29, 1.82) is 0 Å². The number of unbranched alkanes of at least 4 members (excludes halogenated alkanes) is 1. The van der Waals surface area contributed by atoms with Crippen molar-refractivity contribution in [3.63, 3.8) is 0 Å². The van der Waals surface area contributed by atoms with E-state index in [9.17, 15) is 13.2 Å². The second kappa shape index (κ2) is 5.32. The maximum Gasteiger partial charge on any atom is 0.277 e. The smallest absolute Gasteiger partial charge is 0.268 e. The average Bonchev–Trinajstić information content (AvgIpc) is 2.94. The molecule has 1 aliphatic heterocycles. The Kier molecular flexibility index (Phi) is 4.10. The van der Waals surface area contributed by atoms with E-state index in [0.29, 0.717) is 12.0 Å². The molecule has 1 aliphatic rings. The van der Waals surface area contributed by atoms with Gasteiger partial charge in [0.15, 0.2) is 4.21 Å². The molecule has 0 aromatic carbocycles. The lowest BCUT2D eigenvalue weighted by molar-refractivity contribution is 0.0872. The molecule has 0 radical (unpaired) electrons. The van der Waals surface area contributed by atoms with Crippen molar-refractivity contribution < 1.29 is 13.2 Å². The molecule has 1 amide bonds. The highest BCUT2D eigenvalue weighted by Gasteiger charge is 2.45. The normalized spacial score (nSPS) is 17.1. The van der Waals surface area contributed by atoms with Crippen LogP contribution in [0.2, 0.25) is 0 Å². The van der Waals surface area contributed by atoms with Crippen LogP contribution in [-0.4, -0.2) is 25.2 Å². The first-order valence-corrected chi connectivity index (χ1v) is 11.1. The van der Waals surface area contributed by atoms with E-state index >= 15 is 0 Å². The molecule has 108 valence electrons. The predicted molar refractivity (Wildman–Crippen MR) is 98.3 cm³/mol. The molecular formula is C11H9I2NO3S3. The number of halogens is 2. The Morgan fingerprint density at radius 2 is 1.90 bits per heavy atom. The van der Waals surface area contributed by atoms with Crippen LogP contribution in [0, 0.1) is 5.77 Å². The van der Waals surface area contributed by atoms with Crippen molar-refractivity contribution in [2.45, 2.75) is 24.0 Å². The number of thiophene rings is 2. The maximum absolute atomic E-state index is 12.5. The van der Waals surface area contributed by atoms with Gasteiger partial charge in [0.05, 0.1) is 16.0 Å². The zero-order valence-corrected chi connectivity index (χ0v) is 17.0. The van der Waals surface area contributed by atoms with Gasteiger partial charge < -0.3 is 0 Å². The second-order valence-electron chi connectivity index (χ2n) is 4.35. The summed E-state index contributed by atoms with van der Waals surface area (Å²) < 4.78 is 29.2. The molecule has 0 unspecified atom stereocenters. The number of rotatable bonds is 3. The first-order valence-electron chi connectivity index (χ1n) is 5.87. The summed E-state index contributed by atoms with van der Waals surface area (Å²) >= 11 is 7.21. The van der Waals surface area contributed by atoms with Gasteiger partial charge in [-0.05, 0) is 51.6 Å². The van der Waals surface area contributed by atoms with Crippen LogP contribution < -0.4 is 0 Å². The molecule has 0 fully saturated rings. The Morgan fingerprint density at radius 1 is 1.20 bits per heavy atom. The molecule has 3 rings (SSSR count). The molecule has 0 atom stereocenters. The first-order chi connectivity index (χ1) is 9.39. The summed E-state index contributed by atoms with van der Waals surface area (Å²) in [7, 11) is -3.63. The Bertz CT molecular complexity index is 822. The average molecular weight is 553 g/mol. The van der Waals surface area contributed by atoms with Crippen molar-refractivity contribution in [2.24, 2.45) is 0 Å². The third-order valence-electron chi connectivity index (χ3n) is 3.11. The molecule has 0 aliphatic carbocycles. The minimum atomic E-state index is -3.63. The highest BCUT2D eigenvalue weighted by molar-refractivity contribution is 14.1. The number of hydrogen-bond acceptors (Lipinski definition) is 5. The van der Waals surface area contributed by atoms with Crippen LogP contribution >= 0.6 is 67.9 Å². The summed E-state index contributed by atoms with van der Waals surface area (Å²) in [6.45, 7) is 2.25. The van der Waals surface area contributed by atoms with Crippen LogP contribution in [0.3, 0.4) is 0 Å². The number of nitrogens with zero attached hydrogens (tertiary/aromatic N) is 1. The van der Waals surface area contributed by atoms with Gasteiger partial charge in [-0.25, -0.2) is 12.7 Å². The molecule has 4 nitrogen and oxygen atoms in total. The molecule has 3 heterocycles. The standard InChI is InChI=1S/C11H9I2NO3S3/c1-2-3-4-14-10(15)6-5-7(9(13)19-8(5)12)18-11(6)20(14,16)17/h2-4H2,1H3. The van der Waals surface area contributed by atoms with Crippen LogP contribution in [0.25, 0.3) is 10.1 Å². The number of carbonyl (C=O) groups excluding carboxylic acids is 1. The van der Waals surface area contributed by atoms with Gasteiger partial charge in [0, 0.05) is 11.9 Å². The topological polar surface area (TPSA) is 54.5 Å². The fourth-order valence-corrected chi connectivity index (χ4v) is 10.2. The minimum Gasteiger partial charge on any atom is -0.268 e. The van der Waals surface area contributed by atoms with Crippen LogP contribution in [0.1, 0.15) is 30.1 Å². The Morgan fingerprint density at radius 3 is 2.55 bits per heavy atom. The molecule has 0 saturated carbocycles. The van der Waals surface area contributed by atoms with E-state index in [-0.39, 0.29) is 16.7 Å². The lowest BCUT2D eigenvalue weighted by Gasteiger charge is -2.14. The zero-order valence-electron chi connectivity index (χ0n) is 10.3. The Balaban J connectivity index is 2.24. The molecule has 2 aromatic rings. The third-order valence-corrected chi connectivity index (χ3v) is 10.3. The van der Waals surface area contributed by atoms with E-state index in [1.54, 1.807) is 11.3 Å². The number of hydrogen-bond donors (Lipinski definition) is 0. The fourth-order valence-electron chi connectivity index (χ4n) is 2.15. The number of fused-ring (bicyclic) bond motifs is 3. The monoisotopic (exact) mass is 553 g/mol. The summed E-state index contributed by atoms with van der Waals surface area (Å²) in [5.41, 5.74) is 0.393. The number of amides is 1. The van der Waals surface area contributed by atoms with Gasteiger partial charge in [0.25, 0.3) is 15.9 Å². The van der Waals surface area contributed by atoms with Crippen LogP contribution in [0.5, 0.6) is 0 Å². The van der Waals surface area contributed by atoms with Crippen molar-refractivity contribution in [2.75, 3.05) is 6.54 Å². The van der Waals surface area contributed by atoms with Crippen molar-refractivity contribution >= 4 is 93.9 Å². The van der Waals surface area contributed by atoms with Gasteiger partial charge in [-0.3, -0.25) is 4.79 Å². The quantitative estimate of drug-likeness (QED) is 0.538. The summed E-state index contributed by atoms with van der Waals surface area (Å²) in [6, 6.07) is 0. The molecule has 0 saturated heterocycles. The predicted octanol–water partition coefficient (Wildman–Crippen LogP) is 4.12. The molecule has 2 aromatic heterocycles. The maximum atomic E-state index is 12.5. The number of carbonyl (C=O) groups is 1. The van der Waals surface area contributed by atoms with Crippen molar-refractivity contribution in [3.05, 3.63) is 11.3 Å². The molecular weight excluding hydrogens is 544 g/mol. The first kappa shape index (κ1) is 15.4. The molecule has 20 heavy (non-hydrogen) atoms. The van der Waals surface area contributed by atoms with Crippen LogP contribution in [0.15, 0.2) is 4.21 Å². The van der Waals surface area contributed by atoms with Crippen LogP contribution in [-0.2, 0) is 10.0 Å². The Hall–Kier alpha value is 0.540. The van der Waals surface area contributed by atoms with E-state index in [0.717, 1.165) is 26.6 Å². The zero-order chi connectivity index (χ0) is 14.7. The molecule has 0 bridgehead atoms. The lowest BCUT2D eigenvalue weighted by atomic mass is 10.2. The van der Waals surface area contributed by atoms with Crippen molar-refractivity contribution in [1.82, 2.24) is 4.31 Å². The van der Waals surface area contributed by atoms with Crippen molar-refractivity contribution in [3.8, 4) is 0 Å². The van der Waals surface area contributed by atoms with Crippen LogP contribution in [0.4, 0.5) is 0 Å². The summed E-state index contributed by atoms with van der Waals surface area (Å²) in [5.74, 6) is -0.355. The van der Waals surface area contributed by atoms with E-state index in [4.69, 9.17) is 0 Å². The SMILES string of the molecule is CCCCN1C(=O)c2c(sc3c(I)sc(I)c23)S1(=O)=O.